The van der Waals surface area contributed by atoms with Crippen LogP contribution in [0.4, 0.5) is 11.4 Å². The first-order chi connectivity index (χ1) is 10.5. The molecule has 4 nitrogen and oxygen atoms in total. The molecule has 0 fully saturated rings. The number of amidine groups is 1. The minimum Gasteiger partial charge on any atom is -0.386 e. The summed E-state index contributed by atoms with van der Waals surface area (Å²) in [6, 6.07) is 12.9. The standard InChI is InChI=1S/C17H18ClN3O/c1-11-6-5-7-12(2)16(11)21-17(22)13-8-3-4-9-14(13)20-15(19)10-18/h3-9H,10H2,1-2H3,(H2,19,20)(H,21,22). The van der Waals surface area contributed by atoms with E-state index in [-0.39, 0.29) is 17.6 Å². The number of nitrogens with one attached hydrogen (secondary N) is 1. The molecular formula is C17H18ClN3O. The van der Waals surface area contributed by atoms with E-state index in [9.17, 15) is 4.79 Å². The van der Waals surface area contributed by atoms with E-state index in [0.29, 0.717) is 11.3 Å². The van der Waals surface area contributed by atoms with E-state index in [2.05, 4.69) is 10.3 Å². The van der Waals surface area contributed by atoms with E-state index in [1.165, 1.54) is 0 Å². The Labute approximate surface area is 135 Å². The molecule has 2 aromatic carbocycles. The van der Waals surface area contributed by atoms with Crippen LogP contribution in [0.3, 0.4) is 0 Å². The van der Waals surface area contributed by atoms with Gasteiger partial charge in [-0.1, -0.05) is 30.3 Å². The number of alkyl halides is 1. The van der Waals surface area contributed by atoms with Gasteiger partial charge in [0.1, 0.15) is 5.84 Å². The Morgan fingerprint density at radius 1 is 1.14 bits per heavy atom. The summed E-state index contributed by atoms with van der Waals surface area (Å²) in [6.45, 7) is 3.91. The van der Waals surface area contributed by atoms with Crippen LogP contribution < -0.4 is 11.1 Å². The molecule has 0 saturated heterocycles. The smallest absolute Gasteiger partial charge is 0.257 e. The number of nitrogens with zero attached hydrogens (tertiary/aromatic N) is 1. The maximum absolute atomic E-state index is 12.6. The summed E-state index contributed by atoms with van der Waals surface area (Å²) in [5.41, 5.74) is 9.46. The van der Waals surface area contributed by atoms with Crippen molar-refractivity contribution in [2.45, 2.75) is 13.8 Å². The Hall–Kier alpha value is -2.33. The maximum atomic E-state index is 12.6. The first-order valence-electron chi connectivity index (χ1n) is 6.88. The Morgan fingerprint density at radius 3 is 2.41 bits per heavy atom. The van der Waals surface area contributed by atoms with Crippen LogP contribution in [-0.4, -0.2) is 17.6 Å². The van der Waals surface area contributed by atoms with Crippen molar-refractivity contribution >= 4 is 34.7 Å². The van der Waals surface area contributed by atoms with Gasteiger partial charge in [0, 0.05) is 5.69 Å². The predicted molar refractivity (Wildman–Crippen MR) is 92.3 cm³/mol. The second-order valence-corrected chi connectivity index (χ2v) is 5.24. The number of hydrogen-bond acceptors (Lipinski definition) is 2. The van der Waals surface area contributed by atoms with Crippen LogP contribution in [0.1, 0.15) is 21.5 Å². The van der Waals surface area contributed by atoms with Gasteiger partial charge >= 0.3 is 0 Å². The first-order valence-corrected chi connectivity index (χ1v) is 7.42. The molecule has 0 spiro atoms. The summed E-state index contributed by atoms with van der Waals surface area (Å²) in [5.74, 6) is 0.167. The lowest BCUT2D eigenvalue weighted by molar-refractivity contribution is 0.102. The van der Waals surface area contributed by atoms with E-state index in [1.54, 1.807) is 24.3 Å². The third-order valence-corrected chi connectivity index (χ3v) is 3.54. The minimum absolute atomic E-state index is 0.118. The van der Waals surface area contributed by atoms with Gasteiger partial charge in [-0.2, -0.15) is 0 Å². The third kappa shape index (κ3) is 3.65. The summed E-state index contributed by atoms with van der Waals surface area (Å²) >= 11 is 5.65. The highest BCUT2D eigenvalue weighted by Gasteiger charge is 2.13. The number of benzene rings is 2. The molecule has 3 N–H and O–H groups in total. The van der Waals surface area contributed by atoms with E-state index >= 15 is 0 Å². The van der Waals surface area contributed by atoms with Crippen molar-refractivity contribution in [1.29, 1.82) is 0 Å². The van der Waals surface area contributed by atoms with Crippen molar-refractivity contribution in [2.75, 3.05) is 11.2 Å². The monoisotopic (exact) mass is 315 g/mol. The van der Waals surface area contributed by atoms with E-state index in [4.69, 9.17) is 17.3 Å². The number of carbonyl (C=O) groups excluding carboxylic acids is 1. The van der Waals surface area contributed by atoms with Gasteiger partial charge in [-0.3, -0.25) is 4.79 Å². The van der Waals surface area contributed by atoms with E-state index < -0.39 is 0 Å². The largest absolute Gasteiger partial charge is 0.386 e. The van der Waals surface area contributed by atoms with Crippen molar-refractivity contribution in [2.24, 2.45) is 10.7 Å². The van der Waals surface area contributed by atoms with Gasteiger partial charge in [0.15, 0.2) is 0 Å². The molecule has 0 unspecified atom stereocenters. The summed E-state index contributed by atoms with van der Waals surface area (Å²) in [4.78, 5) is 16.7. The molecule has 114 valence electrons. The van der Waals surface area contributed by atoms with Crippen molar-refractivity contribution in [3.63, 3.8) is 0 Å². The normalized spacial score (nSPS) is 11.3. The first kappa shape index (κ1) is 16.0. The molecule has 2 rings (SSSR count). The SMILES string of the molecule is Cc1cccc(C)c1NC(=O)c1ccccc1N=C(N)CCl. The number of aliphatic imine (C=N–C) groups is 1. The molecule has 1 amide bonds. The lowest BCUT2D eigenvalue weighted by Gasteiger charge is -2.12. The number of anilines is 1. The fraction of sp³-hybridized carbons (Fsp3) is 0.176. The molecule has 0 radical (unpaired) electrons. The topological polar surface area (TPSA) is 67.5 Å². The molecule has 0 aromatic heterocycles. The highest BCUT2D eigenvalue weighted by atomic mass is 35.5. The van der Waals surface area contributed by atoms with Crippen molar-refractivity contribution < 1.29 is 4.79 Å². The molecular weight excluding hydrogens is 298 g/mol. The number of halogens is 1. The molecule has 2 aromatic rings. The highest BCUT2D eigenvalue weighted by Crippen LogP contribution is 2.23. The second kappa shape index (κ2) is 7.09. The number of carbonyl (C=O) groups is 1. The lowest BCUT2D eigenvalue weighted by Crippen LogP contribution is -2.16. The predicted octanol–water partition coefficient (Wildman–Crippen LogP) is 3.78. The second-order valence-electron chi connectivity index (χ2n) is 4.97. The van der Waals surface area contributed by atoms with Crippen LogP contribution in [0.2, 0.25) is 0 Å². The molecule has 0 aliphatic carbocycles. The number of para-hydroxylation sites is 2. The average molecular weight is 316 g/mol. The minimum atomic E-state index is -0.223. The number of nitrogens with two attached hydrogens (primary N) is 1. The molecule has 22 heavy (non-hydrogen) atoms. The Kier molecular flexibility index (Phi) is 5.17. The zero-order chi connectivity index (χ0) is 16.1. The molecule has 0 bridgehead atoms. The molecule has 0 saturated carbocycles. The summed E-state index contributed by atoms with van der Waals surface area (Å²) < 4.78 is 0. The number of hydrogen-bond donors (Lipinski definition) is 2. The van der Waals surface area contributed by atoms with Gasteiger partial charge in [0.05, 0.1) is 17.1 Å². The van der Waals surface area contributed by atoms with Crippen molar-refractivity contribution in [3.8, 4) is 0 Å². The van der Waals surface area contributed by atoms with Crippen LogP contribution in [0.5, 0.6) is 0 Å². The number of aryl methyl sites for hydroxylation is 2. The van der Waals surface area contributed by atoms with Gasteiger partial charge in [0.2, 0.25) is 0 Å². The third-order valence-electron chi connectivity index (χ3n) is 3.27. The Balaban J connectivity index is 2.35. The molecule has 5 heteroatoms. The zero-order valence-corrected chi connectivity index (χ0v) is 13.3. The molecule has 0 aliphatic heterocycles. The van der Waals surface area contributed by atoms with Gasteiger partial charge in [-0.15, -0.1) is 11.6 Å². The van der Waals surface area contributed by atoms with Gasteiger partial charge in [-0.25, -0.2) is 4.99 Å². The summed E-state index contributed by atoms with van der Waals surface area (Å²) in [7, 11) is 0. The zero-order valence-electron chi connectivity index (χ0n) is 12.6. The Bertz CT molecular complexity index is 705. The number of rotatable bonds is 4. The average Bonchev–Trinajstić information content (AvgIpc) is 2.51. The van der Waals surface area contributed by atoms with Gasteiger partial charge in [-0.05, 0) is 37.1 Å². The van der Waals surface area contributed by atoms with Gasteiger partial charge in [0.25, 0.3) is 5.91 Å². The lowest BCUT2D eigenvalue weighted by atomic mass is 10.1. The van der Waals surface area contributed by atoms with Crippen LogP contribution >= 0.6 is 11.6 Å². The van der Waals surface area contributed by atoms with E-state index in [1.807, 2.05) is 32.0 Å². The fourth-order valence-corrected chi connectivity index (χ4v) is 2.20. The van der Waals surface area contributed by atoms with Gasteiger partial charge < -0.3 is 11.1 Å². The van der Waals surface area contributed by atoms with Crippen molar-refractivity contribution in [1.82, 2.24) is 0 Å². The molecule has 0 heterocycles. The summed E-state index contributed by atoms with van der Waals surface area (Å²) in [6.07, 6.45) is 0. The van der Waals surface area contributed by atoms with Crippen LogP contribution in [0.25, 0.3) is 0 Å². The number of amides is 1. The van der Waals surface area contributed by atoms with Crippen LogP contribution in [0, 0.1) is 13.8 Å². The maximum Gasteiger partial charge on any atom is 0.257 e. The molecule has 0 aliphatic rings. The fourth-order valence-electron chi connectivity index (χ4n) is 2.14. The quantitative estimate of drug-likeness (QED) is 0.512. The van der Waals surface area contributed by atoms with Crippen LogP contribution in [0.15, 0.2) is 47.5 Å². The Morgan fingerprint density at radius 2 is 1.77 bits per heavy atom. The van der Waals surface area contributed by atoms with Crippen LogP contribution in [-0.2, 0) is 0 Å². The van der Waals surface area contributed by atoms with Crippen molar-refractivity contribution in [3.05, 3.63) is 59.2 Å². The summed E-state index contributed by atoms with van der Waals surface area (Å²) in [5, 5.41) is 2.94. The highest BCUT2D eigenvalue weighted by molar-refractivity contribution is 6.28. The molecule has 0 atom stereocenters. The van der Waals surface area contributed by atoms with E-state index in [0.717, 1.165) is 16.8 Å².